The highest BCUT2D eigenvalue weighted by Crippen LogP contribution is 2.44. The van der Waals surface area contributed by atoms with Crippen molar-refractivity contribution >= 4 is 17.7 Å². The number of imide groups is 1. The molecule has 2 amide bonds. The zero-order valence-corrected chi connectivity index (χ0v) is 15.7. The summed E-state index contributed by atoms with van der Waals surface area (Å²) < 4.78 is 17.8. The van der Waals surface area contributed by atoms with Crippen molar-refractivity contribution in [3.8, 4) is 17.2 Å². The number of methoxy groups -OCH3 is 3. The van der Waals surface area contributed by atoms with Crippen molar-refractivity contribution in [3.05, 3.63) is 53.9 Å². The maximum atomic E-state index is 12.7. The van der Waals surface area contributed by atoms with Crippen molar-refractivity contribution in [2.75, 3.05) is 21.3 Å². The Morgan fingerprint density at radius 2 is 1.61 bits per heavy atom. The molecule has 1 fully saturated rings. The van der Waals surface area contributed by atoms with Crippen molar-refractivity contribution in [1.82, 2.24) is 5.32 Å². The fraction of sp³-hybridized carbons (Fsp3) is 0.250. The molecule has 2 aromatic rings. The predicted molar refractivity (Wildman–Crippen MR) is 98.9 cm³/mol. The molecule has 1 aromatic heterocycles. The minimum absolute atomic E-state index is 0.0372. The van der Waals surface area contributed by atoms with E-state index in [1.54, 1.807) is 41.2 Å². The lowest BCUT2D eigenvalue weighted by atomic mass is 9.81. The van der Waals surface area contributed by atoms with Gasteiger partial charge in [-0.1, -0.05) is 6.07 Å². The molecule has 0 aliphatic carbocycles. The highest BCUT2D eigenvalue weighted by Gasteiger charge is 2.47. The predicted octanol–water partition coefficient (Wildman–Crippen LogP) is 1.16. The lowest BCUT2D eigenvalue weighted by Crippen LogP contribution is -2.57. The topological polar surface area (TPSA) is 102 Å². The zero-order valence-electron chi connectivity index (χ0n) is 15.7. The molecule has 28 heavy (non-hydrogen) atoms. The van der Waals surface area contributed by atoms with E-state index >= 15 is 0 Å². The fourth-order valence-electron chi connectivity index (χ4n) is 3.37. The van der Waals surface area contributed by atoms with Gasteiger partial charge in [0.05, 0.1) is 32.8 Å². The molecule has 1 aromatic carbocycles. The third-order valence-corrected chi connectivity index (χ3v) is 4.62. The largest absolute Gasteiger partial charge is 0.493 e. The van der Waals surface area contributed by atoms with Crippen LogP contribution in [-0.4, -0.2) is 39.0 Å². The Kier molecular flexibility index (Phi) is 5.42. The fourth-order valence-corrected chi connectivity index (χ4v) is 3.37. The molecule has 2 N–H and O–H groups in total. The van der Waals surface area contributed by atoms with E-state index in [2.05, 4.69) is 11.2 Å². The van der Waals surface area contributed by atoms with E-state index in [4.69, 9.17) is 19.6 Å². The summed E-state index contributed by atoms with van der Waals surface area (Å²) in [6, 6.07) is 7.93. The monoisotopic (exact) mass is 382 g/mol. The van der Waals surface area contributed by atoms with Gasteiger partial charge in [0.25, 0.3) is 11.8 Å². The van der Waals surface area contributed by atoms with Crippen LogP contribution in [0.5, 0.6) is 17.2 Å². The highest BCUT2D eigenvalue weighted by molar-refractivity contribution is 6.13. The number of nitrogens with one attached hydrogen (secondary N) is 2. The van der Waals surface area contributed by atoms with Gasteiger partial charge in [0.1, 0.15) is 0 Å². The molecule has 2 heterocycles. The van der Waals surface area contributed by atoms with Crippen LogP contribution in [0.3, 0.4) is 0 Å². The number of amides is 2. The van der Waals surface area contributed by atoms with Crippen LogP contribution in [0.1, 0.15) is 17.5 Å². The molecule has 3 rings (SSSR count). The van der Waals surface area contributed by atoms with Gasteiger partial charge in [-0.05, 0) is 23.6 Å². The smallest absolute Gasteiger partial charge is 0.296 e. The third-order valence-electron chi connectivity index (χ3n) is 4.62. The van der Waals surface area contributed by atoms with E-state index in [1.807, 2.05) is 6.07 Å². The number of hydrogen-bond acceptors (Lipinski definition) is 6. The maximum absolute atomic E-state index is 12.7. The van der Waals surface area contributed by atoms with Crippen LogP contribution in [0.15, 0.2) is 48.3 Å². The summed E-state index contributed by atoms with van der Waals surface area (Å²) in [5.41, 5.74) is 0.601. The Hall–Kier alpha value is -3.64. The van der Waals surface area contributed by atoms with Crippen LogP contribution < -0.4 is 24.1 Å². The SMILES string of the molecule is COc1cc([C@H]2C(=C=N)C(=O)NC(=O)[C@@H]2[n+]2ccccc2)cc(OC)c1OC. The second kappa shape index (κ2) is 7.94. The first-order chi connectivity index (χ1) is 13.5. The number of carbonyl (C=O) groups is 2. The van der Waals surface area contributed by atoms with Crippen molar-refractivity contribution in [2.24, 2.45) is 0 Å². The lowest BCUT2D eigenvalue weighted by Gasteiger charge is -2.28. The molecule has 2 atom stereocenters. The summed E-state index contributed by atoms with van der Waals surface area (Å²) in [7, 11) is 4.45. The number of benzene rings is 1. The molecule has 0 radical (unpaired) electrons. The van der Waals surface area contributed by atoms with Crippen molar-refractivity contribution < 1.29 is 28.4 Å². The van der Waals surface area contributed by atoms with Crippen LogP contribution in [-0.2, 0) is 9.59 Å². The molecule has 1 aliphatic heterocycles. The van der Waals surface area contributed by atoms with E-state index in [0.717, 1.165) is 0 Å². The number of aromatic nitrogens is 1. The van der Waals surface area contributed by atoms with Crippen molar-refractivity contribution in [2.45, 2.75) is 12.0 Å². The van der Waals surface area contributed by atoms with Gasteiger partial charge in [0.2, 0.25) is 11.8 Å². The van der Waals surface area contributed by atoms with Crippen molar-refractivity contribution in [1.29, 1.82) is 5.41 Å². The number of carbonyl (C=O) groups excluding carboxylic acids is 2. The molecular formula is C20H20N3O5+. The Labute approximate surface area is 161 Å². The number of nitrogens with zero attached hydrogens (tertiary/aromatic N) is 1. The summed E-state index contributed by atoms with van der Waals surface area (Å²) in [6.45, 7) is 0. The highest BCUT2D eigenvalue weighted by atomic mass is 16.5. The Bertz CT molecular complexity index is 942. The summed E-state index contributed by atoms with van der Waals surface area (Å²) in [5, 5.41) is 9.95. The average molecular weight is 382 g/mol. The Balaban J connectivity index is 2.25. The minimum Gasteiger partial charge on any atom is -0.493 e. The summed E-state index contributed by atoms with van der Waals surface area (Å²) in [4.78, 5) is 25.1. The quantitative estimate of drug-likeness (QED) is 0.350. The third kappa shape index (κ3) is 3.21. The van der Waals surface area contributed by atoms with Crippen molar-refractivity contribution in [3.63, 3.8) is 0 Å². The first-order valence-corrected chi connectivity index (χ1v) is 8.46. The first-order valence-electron chi connectivity index (χ1n) is 8.46. The second-order valence-electron chi connectivity index (χ2n) is 6.06. The molecule has 1 saturated heterocycles. The molecular weight excluding hydrogens is 362 g/mol. The van der Waals surface area contributed by atoms with Gasteiger partial charge in [0.15, 0.2) is 23.9 Å². The van der Waals surface area contributed by atoms with E-state index in [9.17, 15) is 9.59 Å². The number of rotatable bonds is 5. The van der Waals surface area contributed by atoms with E-state index in [0.29, 0.717) is 22.8 Å². The summed E-state index contributed by atoms with van der Waals surface area (Å²) in [5.74, 6) is 1.48. The molecule has 8 heteroatoms. The molecule has 8 nitrogen and oxygen atoms in total. The van der Waals surface area contributed by atoms with E-state index in [-0.39, 0.29) is 5.57 Å². The summed E-state index contributed by atoms with van der Waals surface area (Å²) in [6.07, 6.45) is 3.46. The van der Waals surface area contributed by atoms with Gasteiger partial charge in [-0.15, -0.1) is 0 Å². The second-order valence-corrected chi connectivity index (χ2v) is 6.06. The summed E-state index contributed by atoms with van der Waals surface area (Å²) >= 11 is 0. The number of hydrogen-bond donors (Lipinski definition) is 2. The van der Waals surface area contributed by atoms with Gasteiger partial charge in [-0.3, -0.25) is 20.3 Å². The Morgan fingerprint density at radius 3 is 2.11 bits per heavy atom. The Morgan fingerprint density at radius 1 is 1.00 bits per heavy atom. The molecule has 1 aliphatic rings. The van der Waals surface area contributed by atoms with Crippen LogP contribution in [0.25, 0.3) is 0 Å². The van der Waals surface area contributed by atoms with Crippen LogP contribution in [0.2, 0.25) is 0 Å². The average Bonchev–Trinajstić information content (AvgIpc) is 2.72. The molecule has 0 bridgehead atoms. The van der Waals surface area contributed by atoms with E-state index < -0.39 is 23.8 Å². The maximum Gasteiger partial charge on any atom is 0.296 e. The van der Waals surface area contributed by atoms with Crippen LogP contribution in [0.4, 0.5) is 0 Å². The van der Waals surface area contributed by atoms with E-state index in [1.165, 1.54) is 21.3 Å². The van der Waals surface area contributed by atoms with Gasteiger partial charge >= 0.3 is 0 Å². The lowest BCUT2D eigenvalue weighted by molar-refractivity contribution is -0.711. The normalized spacial score (nSPS) is 18.9. The van der Waals surface area contributed by atoms with Gasteiger partial charge in [-0.2, -0.15) is 4.57 Å². The van der Waals surface area contributed by atoms with Gasteiger partial charge < -0.3 is 14.2 Å². The molecule has 144 valence electrons. The van der Waals surface area contributed by atoms with Crippen LogP contribution in [0, 0.1) is 5.41 Å². The zero-order chi connectivity index (χ0) is 20.3. The molecule has 0 unspecified atom stereocenters. The standard InChI is InChI=1S/C20H19N3O5/c1-26-14-9-12(10-15(27-2)18(14)28-3)16-13(11-21)19(24)22-20(25)17(16)23-7-5-4-6-8-23/h4-10,16-17,21H,1-3H3/p+1/t16-,17+/m0/s1. The van der Waals surface area contributed by atoms with Gasteiger partial charge in [0, 0.05) is 12.1 Å². The number of ether oxygens (including phenoxy) is 3. The molecule has 0 spiro atoms. The first kappa shape index (κ1) is 19.1. The number of pyridine rings is 1. The van der Waals surface area contributed by atoms with Gasteiger partial charge in [-0.25, -0.2) is 0 Å². The minimum atomic E-state index is -0.797. The molecule has 0 saturated carbocycles. The number of piperidine rings is 1. The van der Waals surface area contributed by atoms with Crippen LogP contribution >= 0.6 is 0 Å².